The maximum absolute atomic E-state index is 11.2. The first-order chi connectivity index (χ1) is 7.55. The summed E-state index contributed by atoms with van der Waals surface area (Å²) < 4.78 is 29.3. The van der Waals surface area contributed by atoms with E-state index in [1.807, 2.05) is 0 Å². The summed E-state index contributed by atoms with van der Waals surface area (Å²) in [7, 11) is -3.72. The van der Waals surface area contributed by atoms with Gasteiger partial charge in [-0.15, -0.1) is 0 Å². The molecule has 2 N–H and O–H groups in total. The summed E-state index contributed by atoms with van der Waals surface area (Å²) >= 11 is 0. The van der Waals surface area contributed by atoms with Crippen LogP contribution in [0.4, 0.5) is 0 Å². The molecule has 0 amide bonds. The molecule has 0 aromatic rings. The van der Waals surface area contributed by atoms with Crippen molar-refractivity contribution in [2.24, 2.45) is 0 Å². The van der Waals surface area contributed by atoms with Crippen molar-refractivity contribution in [2.75, 3.05) is 6.61 Å². The normalized spacial score (nSPS) is 27.4. The van der Waals surface area contributed by atoms with Gasteiger partial charge in [0.05, 0.1) is 18.4 Å². The smallest absolute Gasteiger partial charge is 0.359 e. The minimum Gasteiger partial charge on any atom is -0.387 e. The van der Waals surface area contributed by atoms with Gasteiger partial charge in [0.15, 0.2) is 0 Å². The maximum atomic E-state index is 11.2. The fourth-order valence-electron chi connectivity index (χ4n) is 1.50. The quantitative estimate of drug-likeness (QED) is 0.731. The zero-order valence-electron chi connectivity index (χ0n) is 9.48. The van der Waals surface area contributed by atoms with E-state index in [0.717, 1.165) is 25.7 Å². The first-order valence-corrected chi connectivity index (χ1v) is 7.01. The lowest BCUT2D eigenvalue weighted by atomic mass is 10.1. The molecule has 1 fully saturated rings. The number of allylic oxidation sites excluding steroid dienone is 1. The summed E-state index contributed by atoms with van der Waals surface area (Å²) in [6.45, 7) is 2.12. The predicted octanol–water partition coefficient (Wildman–Crippen LogP) is 1.07. The van der Waals surface area contributed by atoms with E-state index in [4.69, 9.17) is 0 Å². The van der Waals surface area contributed by atoms with Gasteiger partial charge in [-0.3, -0.25) is 8.91 Å². The highest BCUT2D eigenvalue weighted by Gasteiger charge is 2.22. The van der Waals surface area contributed by atoms with Gasteiger partial charge in [-0.1, -0.05) is 25.8 Å². The van der Waals surface area contributed by atoms with Gasteiger partial charge in [-0.25, -0.2) is 0 Å². The molecule has 0 spiro atoms. The standard InChI is InChI=1S/C10H19NO4S/c1-2-3-4-5-6-9-10(12)7-8-15-16(13,14)11-9/h6,10-12H,2-5,7-8H2,1H3/b9-6+. The van der Waals surface area contributed by atoms with Crippen molar-refractivity contribution in [3.05, 3.63) is 11.8 Å². The SMILES string of the molecule is CCCCC/C=C1/NS(=O)(=O)OCCC1O. The first-order valence-electron chi connectivity index (χ1n) is 5.60. The summed E-state index contributed by atoms with van der Waals surface area (Å²) in [5.41, 5.74) is 0.341. The van der Waals surface area contributed by atoms with E-state index in [9.17, 15) is 13.5 Å². The number of hydrogen-bond acceptors (Lipinski definition) is 4. The van der Waals surface area contributed by atoms with Crippen molar-refractivity contribution in [2.45, 2.75) is 45.1 Å². The van der Waals surface area contributed by atoms with E-state index >= 15 is 0 Å². The highest BCUT2D eigenvalue weighted by Crippen LogP contribution is 2.13. The van der Waals surface area contributed by atoms with Gasteiger partial charge in [0.25, 0.3) is 0 Å². The second-order valence-corrected chi connectivity index (χ2v) is 5.19. The maximum Gasteiger partial charge on any atom is 0.359 e. The van der Waals surface area contributed by atoms with Gasteiger partial charge < -0.3 is 5.11 Å². The monoisotopic (exact) mass is 249 g/mol. The van der Waals surface area contributed by atoms with Crippen molar-refractivity contribution in [3.63, 3.8) is 0 Å². The summed E-state index contributed by atoms with van der Waals surface area (Å²) in [5, 5.41) is 9.66. The summed E-state index contributed by atoms with van der Waals surface area (Å²) in [5.74, 6) is 0. The molecule has 16 heavy (non-hydrogen) atoms. The van der Waals surface area contributed by atoms with Crippen LogP contribution in [0.15, 0.2) is 11.8 Å². The van der Waals surface area contributed by atoms with Crippen LogP contribution in [0.2, 0.25) is 0 Å². The topological polar surface area (TPSA) is 75.6 Å². The Morgan fingerprint density at radius 3 is 3.00 bits per heavy atom. The van der Waals surface area contributed by atoms with Crippen LogP contribution >= 0.6 is 0 Å². The second kappa shape index (κ2) is 6.22. The van der Waals surface area contributed by atoms with E-state index in [1.165, 1.54) is 0 Å². The average Bonchev–Trinajstić information content (AvgIpc) is 2.33. The number of rotatable bonds is 4. The van der Waals surface area contributed by atoms with Crippen molar-refractivity contribution >= 4 is 10.3 Å². The van der Waals surface area contributed by atoms with Crippen LogP contribution in [0.1, 0.15) is 39.0 Å². The summed E-state index contributed by atoms with van der Waals surface area (Å²) in [6, 6.07) is 0. The average molecular weight is 249 g/mol. The Kier molecular flexibility index (Phi) is 5.24. The second-order valence-electron chi connectivity index (χ2n) is 3.84. The van der Waals surface area contributed by atoms with Crippen LogP contribution in [0.5, 0.6) is 0 Å². The number of unbranched alkanes of at least 4 members (excludes halogenated alkanes) is 3. The minimum atomic E-state index is -3.72. The van der Waals surface area contributed by atoms with Gasteiger partial charge >= 0.3 is 10.3 Å². The summed E-state index contributed by atoms with van der Waals surface area (Å²) in [6.07, 6.45) is 5.24. The van der Waals surface area contributed by atoms with E-state index in [0.29, 0.717) is 12.1 Å². The molecule has 0 radical (unpaired) electrons. The molecule has 5 nitrogen and oxygen atoms in total. The predicted molar refractivity (Wildman–Crippen MR) is 60.9 cm³/mol. The third kappa shape index (κ3) is 4.51. The van der Waals surface area contributed by atoms with Crippen molar-refractivity contribution < 1.29 is 17.7 Å². The van der Waals surface area contributed by atoms with E-state index < -0.39 is 16.4 Å². The molecule has 1 atom stereocenters. The van der Waals surface area contributed by atoms with E-state index in [-0.39, 0.29) is 6.61 Å². The third-order valence-corrected chi connectivity index (χ3v) is 3.37. The van der Waals surface area contributed by atoms with Crippen molar-refractivity contribution in [1.82, 2.24) is 4.72 Å². The molecule has 1 saturated heterocycles. The lowest BCUT2D eigenvalue weighted by Gasteiger charge is -2.10. The number of aliphatic hydroxyl groups is 1. The highest BCUT2D eigenvalue weighted by atomic mass is 32.2. The highest BCUT2D eigenvalue weighted by molar-refractivity contribution is 7.84. The Morgan fingerprint density at radius 1 is 1.56 bits per heavy atom. The zero-order chi connectivity index (χ0) is 12.0. The van der Waals surface area contributed by atoms with Crippen LogP contribution < -0.4 is 4.72 Å². The number of aliphatic hydroxyl groups excluding tert-OH is 1. The van der Waals surface area contributed by atoms with Gasteiger partial charge in [0, 0.05) is 6.42 Å². The Hall–Kier alpha value is -0.590. The lowest BCUT2D eigenvalue weighted by Crippen LogP contribution is -2.27. The molecule has 0 bridgehead atoms. The van der Waals surface area contributed by atoms with Crippen LogP contribution in [0.3, 0.4) is 0 Å². The molecular formula is C10H19NO4S. The van der Waals surface area contributed by atoms with Crippen LogP contribution in [0.25, 0.3) is 0 Å². The molecule has 1 aliphatic rings. The Morgan fingerprint density at radius 2 is 2.31 bits per heavy atom. The number of hydrogen-bond donors (Lipinski definition) is 2. The van der Waals surface area contributed by atoms with E-state index in [1.54, 1.807) is 6.08 Å². The lowest BCUT2D eigenvalue weighted by molar-refractivity contribution is 0.178. The fraction of sp³-hybridized carbons (Fsp3) is 0.800. The Balaban J connectivity index is 2.60. The molecule has 0 saturated carbocycles. The Labute approximate surface area is 96.8 Å². The van der Waals surface area contributed by atoms with Crippen LogP contribution in [-0.4, -0.2) is 26.2 Å². The number of nitrogens with one attached hydrogen (secondary N) is 1. The van der Waals surface area contributed by atoms with Gasteiger partial charge in [0.1, 0.15) is 0 Å². The van der Waals surface area contributed by atoms with Gasteiger partial charge in [0.2, 0.25) is 0 Å². The van der Waals surface area contributed by atoms with E-state index in [2.05, 4.69) is 15.8 Å². The van der Waals surface area contributed by atoms with Crippen molar-refractivity contribution in [3.8, 4) is 0 Å². The van der Waals surface area contributed by atoms with Crippen LogP contribution in [0, 0.1) is 0 Å². The molecule has 1 unspecified atom stereocenters. The third-order valence-electron chi connectivity index (χ3n) is 2.40. The molecule has 1 rings (SSSR count). The van der Waals surface area contributed by atoms with Gasteiger partial charge in [-0.05, 0) is 12.8 Å². The molecular weight excluding hydrogens is 230 g/mol. The molecule has 0 aromatic heterocycles. The molecule has 0 aliphatic carbocycles. The molecule has 6 heteroatoms. The minimum absolute atomic E-state index is 0.0167. The van der Waals surface area contributed by atoms with Crippen molar-refractivity contribution in [1.29, 1.82) is 0 Å². The summed E-state index contributed by atoms with van der Waals surface area (Å²) in [4.78, 5) is 0. The zero-order valence-corrected chi connectivity index (χ0v) is 10.3. The fourth-order valence-corrected chi connectivity index (χ4v) is 2.38. The molecule has 1 heterocycles. The molecule has 94 valence electrons. The largest absolute Gasteiger partial charge is 0.387 e. The van der Waals surface area contributed by atoms with Crippen LogP contribution in [-0.2, 0) is 14.5 Å². The first kappa shape index (κ1) is 13.5. The molecule has 0 aromatic carbocycles. The Bertz CT molecular complexity index is 337. The molecule has 1 aliphatic heterocycles. The van der Waals surface area contributed by atoms with Gasteiger partial charge in [-0.2, -0.15) is 8.42 Å².